The maximum absolute atomic E-state index is 5.38. The molecule has 0 amide bonds. The number of alkyl halides is 1. The van der Waals surface area contributed by atoms with Gasteiger partial charge in [0.1, 0.15) is 0 Å². The Hall–Kier alpha value is 0.470. The van der Waals surface area contributed by atoms with E-state index in [0.717, 1.165) is 18.3 Å². The zero-order valence-electron chi connectivity index (χ0n) is 7.03. The highest BCUT2D eigenvalue weighted by atomic mass is 79.9. The minimum Gasteiger partial charge on any atom is -0.308 e. The molecule has 0 aliphatic carbocycles. The first-order chi connectivity index (χ1) is 5.12. The fourth-order valence-electron chi connectivity index (χ4n) is 0.704. The largest absolute Gasteiger partial charge is 0.308 e. The lowest BCUT2D eigenvalue weighted by Crippen LogP contribution is -2.39. The van der Waals surface area contributed by atoms with Crippen molar-refractivity contribution in [2.45, 2.75) is 25.8 Å². The lowest BCUT2D eigenvalue weighted by Gasteiger charge is -2.24. The van der Waals surface area contributed by atoms with Crippen molar-refractivity contribution in [3.05, 3.63) is 11.6 Å². The first kappa shape index (κ1) is 11.5. The summed E-state index contributed by atoms with van der Waals surface area (Å²) in [6.45, 7) is 5.19. The van der Waals surface area contributed by atoms with Gasteiger partial charge in [-0.15, -0.1) is 0 Å². The normalized spacial score (nSPS) is 12.7. The van der Waals surface area contributed by atoms with Crippen LogP contribution in [0.3, 0.4) is 0 Å². The van der Waals surface area contributed by atoms with Crippen molar-refractivity contribution in [2.24, 2.45) is 0 Å². The van der Waals surface area contributed by atoms with Gasteiger partial charge < -0.3 is 5.32 Å². The standard InChI is InChI=1S/C8H15BrClN/c1-8(2,4-5-9)11-7-3-6-10/h3,6,11H,4-5,7H2,1-2H3/b6-3+. The van der Waals surface area contributed by atoms with Gasteiger partial charge in [-0.3, -0.25) is 0 Å². The molecule has 0 bridgehead atoms. The molecule has 0 fully saturated rings. The van der Waals surface area contributed by atoms with E-state index in [2.05, 4.69) is 35.1 Å². The van der Waals surface area contributed by atoms with Crippen LogP contribution in [0.15, 0.2) is 11.6 Å². The SMILES string of the molecule is CC(C)(CCBr)NC/C=C/Cl. The number of nitrogens with one attached hydrogen (secondary N) is 1. The van der Waals surface area contributed by atoms with E-state index in [4.69, 9.17) is 11.6 Å². The first-order valence-electron chi connectivity index (χ1n) is 3.68. The molecule has 0 aliphatic heterocycles. The third kappa shape index (κ3) is 6.85. The minimum atomic E-state index is 0.194. The van der Waals surface area contributed by atoms with Gasteiger partial charge in [-0.05, 0) is 20.3 Å². The van der Waals surface area contributed by atoms with Crippen molar-refractivity contribution in [1.82, 2.24) is 5.32 Å². The van der Waals surface area contributed by atoms with Crippen molar-refractivity contribution >= 4 is 27.5 Å². The van der Waals surface area contributed by atoms with E-state index in [1.165, 1.54) is 5.54 Å². The van der Waals surface area contributed by atoms with Crippen molar-refractivity contribution in [1.29, 1.82) is 0 Å². The fraction of sp³-hybridized carbons (Fsp3) is 0.750. The van der Waals surface area contributed by atoms with Crippen LogP contribution in [-0.2, 0) is 0 Å². The van der Waals surface area contributed by atoms with Crippen LogP contribution in [0.4, 0.5) is 0 Å². The summed E-state index contributed by atoms with van der Waals surface area (Å²) in [5.41, 5.74) is 1.73. The van der Waals surface area contributed by atoms with E-state index in [9.17, 15) is 0 Å². The molecule has 0 spiro atoms. The lowest BCUT2D eigenvalue weighted by molar-refractivity contribution is 0.399. The quantitative estimate of drug-likeness (QED) is 0.729. The lowest BCUT2D eigenvalue weighted by atomic mass is 10.0. The van der Waals surface area contributed by atoms with Crippen molar-refractivity contribution in [3.8, 4) is 0 Å². The second-order valence-electron chi connectivity index (χ2n) is 3.07. The molecule has 0 saturated carbocycles. The second-order valence-corrected chi connectivity index (χ2v) is 4.11. The van der Waals surface area contributed by atoms with Crippen LogP contribution in [0.25, 0.3) is 0 Å². The van der Waals surface area contributed by atoms with Crippen LogP contribution in [0.5, 0.6) is 0 Å². The molecule has 3 heteroatoms. The van der Waals surface area contributed by atoms with Crippen LogP contribution in [0.2, 0.25) is 0 Å². The van der Waals surface area contributed by atoms with Gasteiger partial charge in [0.05, 0.1) is 0 Å². The average Bonchev–Trinajstić information content (AvgIpc) is 1.87. The van der Waals surface area contributed by atoms with E-state index in [-0.39, 0.29) is 5.54 Å². The summed E-state index contributed by atoms with van der Waals surface area (Å²) in [6, 6.07) is 0. The van der Waals surface area contributed by atoms with Crippen LogP contribution in [0, 0.1) is 0 Å². The first-order valence-corrected chi connectivity index (χ1v) is 5.24. The van der Waals surface area contributed by atoms with Crippen molar-refractivity contribution in [3.63, 3.8) is 0 Å². The zero-order valence-corrected chi connectivity index (χ0v) is 9.37. The van der Waals surface area contributed by atoms with Crippen molar-refractivity contribution < 1.29 is 0 Å². The number of hydrogen-bond donors (Lipinski definition) is 1. The van der Waals surface area contributed by atoms with E-state index < -0.39 is 0 Å². The van der Waals surface area contributed by atoms with Gasteiger partial charge in [-0.25, -0.2) is 0 Å². The van der Waals surface area contributed by atoms with Gasteiger partial charge in [-0.1, -0.05) is 33.6 Å². The molecule has 0 aromatic carbocycles. The number of halogens is 2. The van der Waals surface area contributed by atoms with E-state index in [1.54, 1.807) is 0 Å². The predicted octanol–water partition coefficient (Wildman–Crippen LogP) is 2.89. The van der Waals surface area contributed by atoms with Crippen molar-refractivity contribution in [2.75, 3.05) is 11.9 Å². The Bertz CT molecular complexity index is 123. The molecule has 0 atom stereocenters. The van der Waals surface area contributed by atoms with Gasteiger partial charge in [0.25, 0.3) is 0 Å². The van der Waals surface area contributed by atoms with E-state index >= 15 is 0 Å². The van der Waals surface area contributed by atoms with E-state index in [1.807, 2.05) is 6.08 Å². The van der Waals surface area contributed by atoms with Crippen LogP contribution in [-0.4, -0.2) is 17.4 Å². The average molecular weight is 241 g/mol. The Morgan fingerprint density at radius 1 is 1.55 bits per heavy atom. The molecule has 1 N–H and O–H groups in total. The smallest absolute Gasteiger partial charge is 0.0151 e. The third-order valence-electron chi connectivity index (χ3n) is 1.51. The fourth-order valence-corrected chi connectivity index (χ4v) is 1.78. The zero-order chi connectivity index (χ0) is 8.74. The van der Waals surface area contributed by atoms with Crippen LogP contribution >= 0.6 is 27.5 Å². The Balaban J connectivity index is 3.54. The number of rotatable bonds is 5. The monoisotopic (exact) mass is 239 g/mol. The molecule has 0 rings (SSSR count). The van der Waals surface area contributed by atoms with Gasteiger partial charge >= 0.3 is 0 Å². The molecule has 11 heavy (non-hydrogen) atoms. The summed E-state index contributed by atoms with van der Waals surface area (Å²) < 4.78 is 0. The third-order valence-corrected chi connectivity index (χ3v) is 2.08. The summed E-state index contributed by atoms with van der Waals surface area (Å²) in [6.07, 6.45) is 3.01. The number of hydrogen-bond acceptors (Lipinski definition) is 1. The highest BCUT2D eigenvalue weighted by molar-refractivity contribution is 9.09. The summed E-state index contributed by atoms with van der Waals surface area (Å²) in [5.74, 6) is 0. The Labute approximate surface area is 82.3 Å². The maximum atomic E-state index is 5.38. The van der Waals surface area contributed by atoms with Gasteiger partial charge in [0, 0.05) is 22.9 Å². The Kier molecular flexibility index (Phi) is 6.30. The Morgan fingerprint density at radius 2 is 2.18 bits per heavy atom. The van der Waals surface area contributed by atoms with Gasteiger partial charge in [0.15, 0.2) is 0 Å². The molecule has 0 aromatic rings. The molecule has 0 aromatic heterocycles. The summed E-state index contributed by atoms with van der Waals surface area (Å²) in [4.78, 5) is 0. The van der Waals surface area contributed by atoms with Gasteiger partial charge in [0.2, 0.25) is 0 Å². The molecule has 0 heterocycles. The molecule has 0 aliphatic rings. The predicted molar refractivity (Wildman–Crippen MR) is 55.5 cm³/mol. The topological polar surface area (TPSA) is 12.0 Å². The van der Waals surface area contributed by atoms with Gasteiger partial charge in [-0.2, -0.15) is 0 Å². The Morgan fingerprint density at radius 3 is 2.64 bits per heavy atom. The second kappa shape index (κ2) is 6.04. The molecule has 66 valence electrons. The molecule has 0 saturated heterocycles. The molecule has 0 unspecified atom stereocenters. The minimum absolute atomic E-state index is 0.194. The summed E-state index contributed by atoms with van der Waals surface area (Å²) >= 11 is 8.79. The van der Waals surface area contributed by atoms with Crippen LogP contribution < -0.4 is 5.32 Å². The summed E-state index contributed by atoms with van der Waals surface area (Å²) in [5, 5.41) is 4.38. The highest BCUT2D eigenvalue weighted by Crippen LogP contribution is 2.09. The molecular formula is C8H15BrClN. The molecule has 0 radical (unpaired) electrons. The maximum Gasteiger partial charge on any atom is 0.0151 e. The van der Waals surface area contributed by atoms with E-state index in [0.29, 0.717) is 0 Å². The molecule has 1 nitrogen and oxygen atoms in total. The van der Waals surface area contributed by atoms with Crippen LogP contribution in [0.1, 0.15) is 20.3 Å². The summed E-state index contributed by atoms with van der Waals surface area (Å²) in [7, 11) is 0. The molecular weight excluding hydrogens is 225 g/mol. The highest BCUT2D eigenvalue weighted by Gasteiger charge is 2.13.